The number of carbonyl (C=O) groups is 1. The number of hydrogen-bond donors (Lipinski definition) is 0. The van der Waals surface area contributed by atoms with Gasteiger partial charge in [-0.25, -0.2) is 4.79 Å². The SMILES string of the molecule is O=C(OCc1ccc([N+](=O)[O-])cc1)N1CCCC1=S. The number of rotatable bonds is 3. The number of carbonyl (C=O) groups excluding carboxylic acids is 1. The molecule has 1 aliphatic heterocycles. The van der Waals surface area contributed by atoms with Crippen LogP contribution in [-0.2, 0) is 11.3 Å². The number of benzene rings is 1. The van der Waals surface area contributed by atoms with Gasteiger partial charge in [-0.3, -0.25) is 15.0 Å². The van der Waals surface area contributed by atoms with Gasteiger partial charge in [-0.15, -0.1) is 0 Å². The van der Waals surface area contributed by atoms with Crippen molar-refractivity contribution in [2.45, 2.75) is 19.4 Å². The van der Waals surface area contributed by atoms with Crippen LogP contribution >= 0.6 is 12.2 Å². The predicted molar refractivity (Wildman–Crippen MR) is 71.8 cm³/mol. The van der Waals surface area contributed by atoms with Gasteiger partial charge in [0.15, 0.2) is 0 Å². The first-order valence-corrected chi connectivity index (χ1v) is 6.19. The van der Waals surface area contributed by atoms with Crippen LogP contribution in [0.5, 0.6) is 0 Å². The van der Waals surface area contributed by atoms with Gasteiger partial charge in [0.25, 0.3) is 5.69 Å². The van der Waals surface area contributed by atoms with Crippen molar-refractivity contribution in [1.82, 2.24) is 4.90 Å². The molecule has 0 N–H and O–H groups in total. The van der Waals surface area contributed by atoms with Crippen molar-refractivity contribution < 1.29 is 14.5 Å². The van der Waals surface area contributed by atoms with E-state index < -0.39 is 11.0 Å². The number of nitro benzene ring substituents is 1. The van der Waals surface area contributed by atoms with E-state index in [9.17, 15) is 14.9 Å². The van der Waals surface area contributed by atoms with Gasteiger partial charge in [0.05, 0.1) is 9.91 Å². The molecule has 1 fully saturated rings. The maximum atomic E-state index is 11.7. The number of non-ortho nitro benzene ring substituents is 1. The minimum atomic E-state index is -0.474. The molecule has 19 heavy (non-hydrogen) atoms. The number of nitro groups is 1. The molecule has 2 rings (SSSR count). The van der Waals surface area contributed by atoms with Crippen LogP contribution in [0.25, 0.3) is 0 Å². The molecule has 1 amide bonds. The number of likely N-dealkylation sites (tertiary alicyclic amines) is 1. The number of nitrogens with zero attached hydrogens (tertiary/aromatic N) is 2. The summed E-state index contributed by atoms with van der Waals surface area (Å²) in [7, 11) is 0. The zero-order valence-electron chi connectivity index (χ0n) is 10.1. The van der Waals surface area contributed by atoms with Gasteiger partial charge in [-0.2, -0.15) is 0 Å². The Morgan fingerprint density at radius 2 is 2.11 bits per heavy atom. The molecule has 1 aliphatic rings. The fourth-order valence-electron chi connectivity index (χ4n) is 1.78. The second-order valence-electron chi connectivity index (χ2n) is 4.13. The van der Waals surface area contributed by atoms with E-state index in [0.29, 0.717) is 17.1 Å². The van der Waals surface area contributed by atoms with E-state index in [-0.39, 0.29) is 12.3 Å². The van der Waals surface area contributed by atoms with Crippen LogP contribution in [0.15, 0.2) is 24.3 Å². The molecule has 7 heteroatoms. The summed E-state index contributed by atoms with van der Waals surface area (Å²) in [4.78, 5) is 23.8. The van der Waals surface area contributed by atoms with Crippen LogP contribution in [0.2, 0.25) is 0 Å². The van der Waals surface area contributed by atoms with Gasteiger partial charge < -0.3 is 4.74 Å². The largest absolute Gasteiger partial charge is 0.444 e. The van der Waals surface area contributed by atoms with Gasteiger partial charge in [-0.05, 0) is 24.1 Å². The molecule has 0 spiro atoms. The van der Waals surface area contributed by atoms with Crippen LogP contribution in [0.1, 0.15) is 18.4 Å². The second-order valence-corrected chi connectivity index (χ2v) is 4.60. The fraction of sp³-hybridized carbons (Fsp3) is 0.333. The zero-order chi connectivity index (χ0) is 13.8. The Hall–Kier alpha value is -2.02. The minimum Gasteiger partial charge on any atom is -0.444 e. The number of hydrogen-bond acceptors (Lipinski definition) is 5. The molecule has 1 aromatic rings. The standard InChI is InChI=1S/C12H12N2O4S/c15-12(13-7-1-2-11(13)19)18-8-9-3-5-10(6-4-9)14(16)17/h3-6H,1-2,7-8H2. The molecule has 0 bridgehead atoms. The first kappa shape index (κ1) is 13.4. The van der Waals surface area contributed by atoms with E-state index in [1.807, 2.05) is 0 Å². The van der Waals surface area contributed by atoms with Crippen molar-refractivity contribution in [3.05, 3.63) is 39.9 Å². The zero-order valence-corrected chi connectivity index (χ0v) is 10.9. The molecule has 0 unspecified atom stereocenters. The molecule has 0 radical (unpaired) electrons. The summed E-state index contributed by atoms with van der Waals surface area (Å²) in [5.74, 6) is 0. The Kier molecular flexibility index (Phi) is 4.06. The Bertz CT molecular complexity index is 515. The molecule has 1 heterocycles. The normalized spacial score (nSPS) is 14.5. The highest BCUT2D eigenvalue weighted by atomic mass is 32.1. The lowest BCUT2D eigenvalue weighted by molar-refractivity contribution is -0.384. The van der Waals surface area contributed by atoms with E-state index >= 15 is 0 Å². The van der Waals surface area contributed by atoms with Crippen LogP contribution < -0.4 is 0 Å². The van der Waals surface area contributed by atoms with Crippen molar-refractivity contribution in [2.24, 2.45) is 0 Å². The van der Waals surface area contributed by atoms with Crippen molar-refractivity contribution in [3.63, 3.8) is 0 Å². The van der Waals surface area contributed by atoms with Gasteiger partial charge in [0, 0.05) is 25.1 Å². The van der Waals surface area contributed by atoms with E-state index in [2.05, 4.69) is 0 Å². The van der Waals surface area contributed by atoms with Crippen molar-refractivity contribution >= 4 is 29.0 Å². The third-order valence-electron chi connectivity index (χ3n) is 2.80. The van der Waals surface area contributed by atoms with Gasteiger partial charge in [0.2, 0.25) is 0 Å². The van der Waals surface area contributed by atoms with Crippen LogP contribution in [0, 0.1) is 10.1 Å². The summed E-state index contributed by atoms with van der Waals surface area (Å²) >= 11 is 5.04. The molecular weight excluding hydrogens is 268 g/mol. The lowest BCUT2D eigenvalue weighted by Gasteiger charge is -2.15. The minimum absolute atomic E-state index is 0.01000. The Morgan fingerprint density at radius 1 is 1.42 bits per heavy atom. The van der Waals surface area contributed by atoms with E-state index in [0.717, 1.165) is 12.8 Å². The smallest absolute Gasteiger partial charge is 0.415 e. The number of amides is 1. The fourth-order valence-corrected chi connectivity index (χ4v) is 2.09. The van der Waals surface area contributed by atoms with Crippen LogP contribution in [0.3, 0.4) is 0 Å². The van der Waals surface area contributed by atoms with Crippen LogP contribution in [-0.4, -0.2) is 27.4 Å². The third-order valence-corrected chi connectivity index (χ3v) is 3.23. The maximum absolute atomic E-state index is 11.7. The second kappa shape index (κ2) is 5.75. The first-order valence-electron chi connectivity index (χ1n) is 5.78. The Labute approximate surface area is 115 Å². The molecule has 0 saturated carbocycles. The lowest BCUT2D eigenvalue weighted by Crippen LogP contribution is -2.31. The highest BCUT2D eigenvalue weighted by molar-refractivity contribution is 7.80. The summed E-state index contributed by atoms with van der Waals surface area (Å²) < 4.78 is 5.11. The van der Waals surface area contributed by atoms with E-state index in [1.165, 1.54) is 17.0 Å². The maximum Gasteiger partial charge on any atom is 0.415 e. The Morgan fingerprint density at radius 3 is 2.63 bits per heavy atom. The van der Waals surface area contributed by atoms with Crippen molar-refractivity contribution in [2.75, 3.05) is 6.54 Å². The molecule has 1 aromatic carbocycles. The summed E-state index contributed by atoms with van der Waals surface area (Å²) in [5.41, 5.74) is 0.708. The first-order chi connectivity index (χ1) is 9.08. The van der Waals surface area contributed by atoms with Crippen molar-refractivity contribution in [1.29, 1.82) is 0 Å². The van der Waals surface area contributed by atoms with E-state index in [1.54, 1.807) is 12.1 Å². The summed E-state index contributed by atoms with van der Waals surface area (Å²) in [6.07, 6.45) is 1.15. The number of ether oxygens (including phenoxy) is 1. The summed E-state index contributed by atoms with van der Waals surface area (Å²) in [6, 6.07) is 5.88. The monoisotopic (exact) mass is 280 g/mol. The quantitative estimate of drug-likeness (QED) is 0.483. The topological polar surface area (TPSA) is 72.7 Å². The van der Waals surface area contributed by atoms with Gasteiger partial charge in [-0.1, -0.05) is 12.2 Å². The molecular formula is C12H12N2O4S. The van der Waals surface area contributed by atoms with Gasteiger partial charge in [0.1, 0.15) is 6.61 Å². The van der Waals surface area contributed by atoms with Crippen molar-refractivity contribution in [3.8, 4) is 0 Å². The Balaban J connectivity index is 1.89. The third kappa shape index (κ3) is 3.25. The average Bonchev–Trinajstić information content (AvgIpc) is 2.83. The molecule has 0 atom stereocenters. The predicted octanol–water partition coefficient (Wildman–Crippen LogP) is 2.65. The number of thiocarbonyl (C=S) groups is 1. The molecule has 1 saturated heterocycles. The molecule has 0 aliphatic carbocycles. The summed E-state index contributed by atoms with van der Waals surface area (Å²) in [5, 5.41) is 10.5. The van der Waals surface area contributed by atoms with Crippen LogP contribution in [0.4, 0.5) is 10.5 Å². The highest BCUT2D eigenvalue weighted by Crippen LogP contribution is 2.15. The van der Waals surface area contributed by atoms with E-state index in [4.69, 9.17) is 17.0 Å². The summed E-state index contributed by atoms with van der Waals surface area (Å²) in [6.45, 7) is 0.674. The lowest BCUT2D eigenvalue weighted by atomic mass is 10.2. The average molecular weight is 280 g/mol. The molecule has 0 aromatic heterocycles. The van der Waals surface area contributed by atoms with Gasteiger partial charge >= 0.3 is 6.09 Å². The highest BCUT2D eigenvalue weighted by Gasteiger charge is 2.24. The molecule has 6 nitrogen and oxygen atoms in total. The molecule has 100 valence electrons.